The molecule has 0 atom stereocenters. The summed E-state index contributed by atoms with van der Waals surface area (Å²) in [7, 11) is 0. The number of rotatable bonds is 4. The summed E-state index contributed by atoms with van der Waals surface area (Å²) in [5.74, 6) is 0. The predicted octanol–water partition coefficient (Wildman–Crippen LogP) is 11.8. The van der Waals surface area contributed by atoms with Gasteiger partial charge in [-0.2, -0.15) is 0 Å². The second kappa shape index (κ2) is 10.4. The highest BCUT2D eigenvalue weighted by Gasteiger charge is 2.16. The van der Waals surface area contributed by atoms with E-state index in [9.17, 15) is 0 Å². The minimum Gasteiger partial charge on any atom is -0.309 e. The topological polar surface area (TPSA) is 14.2 Å². The molecule has 0 saturated carbocycles. The summed E-state index contributed by atoms with van der Waals surface area (Å²) in [6, 6.07) is 57.9. The molecule has 0 amide bonds. The number of nitrogens with zero attached hydrogens (tertiary/aromatic N) is 3. The molecule has 0 radical (unpaired) electrons. The zero-order valence-corrected chi connectivity index (χ0v) is 24.9. The SMILES string of the molecule is [C-]#[N+]c1ccccc1-c1cc(-c2ccc(-n3c4ccccc4c4ccccc43)cc2)cc(-n2c3ccccc3c3ccccc32)c1. The smallest absolute Gasteiger partial charge is 0.194 e. The number of aromatic nitrogens is 2. The van der Waals surface area contributed by atoms with Crippen LogP contribution in [-0.2, 0) is 0 Å². The number of hydrogen-bond acceptors (Lipinski definition) is 0. The number of hydrogen-bond donors (Lipinski definition) is 0. The van der Waals surface area contributed by atoms with Crippen molar-refractivity contribution in [2.24, 2.45) is 0 Å². The van der Waals surface area contributed by atoms with Crippen LogP contribution in [0.25, 0.3) is 82.1 Å². The molecular weight excluding hydrogens is 558 g/mol. The maximum absolute atomic E-state index is 7.88. The Labute approximate surface area is 266 Å². The van der Waals surface area contributed by atoms with E-state index in [1.165, 1.54) is 32.6 Å². The maximum atomic E-state index is 7.88. The van der Waals surface area contributed by atoms with Gasteiger partial charge >= 0.3 is 0 Å². The van der Waals surface area contributed by atoms with Gasteiger partial charge in [-0.25, -0.2) is 4.85 Å². The zero-order chi connectivity index (χ0) is 30.6. The van der Waals surface area contributed by atoms with Gasteiger partial charge in [0.05, 0.1) is 28.6 Å². The number of fused-ring (bicyclic) bond motifs is 6. The van der Waals surface area contributed by atoms with E-state index in [1.807, 2.05) is 24.3 Å². The lowest BCUT2D eigenvalue weighted by molar-refractivity contribution is 1.18. The maximum Gasteiger partial charge on any atom is 0.194 e. The molecule has 0 aliphatic heterocycles. The van der Waals surface area contributed by atoms with Crippen molar-refractivity contribution in [3.63, 3.8) is 0 Å². The molecule has 0 bridgehead atoms. The molecule has 0 spiro atoms. The average Bonchev–Trinajstić information content (AvgIpc) is 3.65. The Kier molecular flexibility index (Phi) is 5.88. The molecule has 3 heteroatoms. The summed E-state index contributed by atoms with van der Waals surface area (Å²) in [4.78, 5) is 3.87. The molecule has 0 unspecified atom stereocenters. The molecular formula is C43H27N3. The molecule has 7 aromatic carbocycles. The van der Waals surface area contributed by atoms with Crippen molar-refractivity contribution in [3.05, 3.63) is 175 Å². The van der Waals surface area contributed by atoms with Crippen molar-refractivity contribution in [2.75, 3.05) is 0 Å². The van der Waals surface area contributed by atoms with E-state index in [2.05, 4.69) is 154 Å². The Morgan fingerprint density at radius 2 is 0.804 bits per heavy atom. The normalized spacial score (nSPS) is 11.5. The summed E-state index contributed by atoms with van der Waals surface area (Å²) in [6.07, 6.45) is 0. The molecule has 2 aromatic heterocycles. The van der Waals surface area contributed by atoms with Crippen molar-refractivity contribution in [1.82, 2.24) is 9.13 Å². The fraction of sp³-hybridized carbons (Fsp3) is 0. The van der Waals surface area contributed by atoms with E-state index in [0.29, 0.717) is 5.69 Å². The van der Waals surface area contributed by atoms with E-state index in [4.69, 9.17) is 6.57 Å². The lowest BCUT2D eigenvalue weighted by Gasteiger charge is -2.15. The Hall–Kier alpha value is -6.37. The van der Waals surface area contributed by atoms with Gasteiger partial charge in [0.25, 0.3) is 0 Å². The molecule has 0 fully saturated rings. The van der Waals surface area contributed by atoms with Crippen molar-refractivity contribution < 1.29 is 0 Å². The summed E-state index contributed by atoms with van der Waals surface area (Å²) < 4.78 is 4.70. The van der Waals surface area contributed by atoms with Crippen molar-refractivity contribution in [1.29, 1.82) is 0 Å². The first kappa shape index (κ1) is 26.1. The lowest BCUT2D eigenvalue weighted by Crippen LogP contribution is -1.96. The molecule has 0 aliphatic carbocycles. The molecule has 0 aliphatic rings. The third-order valence-corrected chi connectivity index (χ3v) is 9.13. The molecule has 0 N–H and O–H groups in total. The average molecular weight is 586 g/mol. The summed E-state index contributed by atoms with van der Waals surface area (Å²) in [5.41, 5.74) is 11.7. The van der Waals surface area contributed by atoms with Crippen LogP contribution >= 0.6 is 0 Å². The van der Waals surface area contributed by atoms with Crippen LogP contribution in [0.2, 0.25) is 0 Å². The van der Waals surface area contributed by atoms with Crippen molar-refractivity contribution in [2.45, 2.75) is 0 Å². The van der Waals surface area contributed by atoms with Gasteiger partial charge in [-0.15, -0.1) is 0 Å². The summed E-state index contributed by atoms with van der Waals surface area (Å²) >= 11 is 0. The third-order valence-electron chi connectivity index (χ3n) is 9.13. The first-order chi connectivity index (χ1) is 22.8. The fourth-order valence-electron chi connectivity index (χ4n) is 7.08. The number of para-hydroxylation sites is 5. The Balaban J connectivity index is 1.26. The highest BCUT2D eigenvalue weighted by atomic mass is 15.0. The van der Waals surface area contributed by atoms with E-state index in [-0.39, 0.29) is 0 Å². The van der Waals surface area contributed by atoms with Crippen LogP contribution in [0.3, 0.4) is 0 Å². The van der Waals surface area contributed by atoms with Gasteiger partial charge in [-0.1, -0.05) is 109 Å². The molecule has 9 aromatic rings. The monoisotopic (exact) mass is 585 g/mol. The molecule has 2 heterocycles. The van der Waals surface area contributed by atoms with Crippen LogP contribution in [-0.4, -0.2) is 9.13 Å². The Morgan fingerprint density at radius 3 is 1.33 bits per heavy atom. The summed E-state index contributed by atoms with van der Waals surface area (Å²) in [6.45, 7) is 7.88. The van der Waals surface area contributed by atoms with Gasteiger partial charge in [0.1, 0.15) is 0 Å². The van der Waals surface area contributed by atoms with Crippen LogP contribution in [0, 0.1) is 6.57 Å². The molecule has 9 rings (SSSR count). The summed E-state index contributed by atoms with van der Waals surface area (Å²) in [5, 5.41) is 4.96. The third kappa shape index (κ3) is 3.98. The van der Waals surface area contributed by atoms with E-state index >= 15 is 0 Å². The standard InChI is InChI=1S/C43H27N3/c1-44-39-17-7-2-12-34(39)31-26-30(27-33(28-31)46-42-20-10-5-15-37(42)38-16-6-11-21-43(38)46)29-22-24-32(25-23-29)45-40-18-8-3-13-35(40)36-14-4-9-19-41(36)45/h2-28H. The quantitative estimate of drug-likeness (QED) is 0.182. The molecule has 46 heavy (non-hydrogen) atoms. The van der Waals surface area contributed by atoms with Gasteiger partial charge in [-0.3, -0.25) is 0 Å². The van der Waals surface area contributed by atoms with Gasteiger partial charge in [-0.05, 0) is 76.9 Å². The highest BCUT2D eigenvalue weighted by molar-refractivity contribution is 6.10. The van der Waals surface area contributed by atoms with Crippen molar-refractivity contribution in [3.8, 4) is 33.6 Å². The second-order valence-electron chi connectivity index (χ2n) is 11.7. The second-order valence-corrected chi connectivity index (χ2v) is 11.7. The predicted molar refractivity (Wildman–Crippen MR) is 192 cm³/mol. The van der Waals surface area contributed by atoms with Gasteiger partial charge in [0, 0.05) is 32.9 Å². The van der Waals surface area contributed by atoms with Crippen LogP contribution in [0.15, 0.2) is 164 Å². The molecule has 214 valence electrons. The number of benzene rings is 7. The lowest BCUT2D eigenvalue weighted by atomic mass is 9.96. The minimum absolute atomic E-state index is 0.648. The van der Waals surface area contributed by atoms with Gasteiger partial charge in [0.2, 0.25) is 0 Å². The van der Waals surface area contributed by atoms with Crippen molar-refractivity contribution >= 4 is 49.3 Å². The first-order valence-corrected chi connectivity index (χ1v) is 15.5. The van der Waals surface area contributed by atoms with Gasteiger partial charge in [0.15, 0.2) is 5.69 Å². The molecule has 0 saturated heterocycles. The highest BCUT2D eigenvalue weighted by Crippen LogP contribution is 2.39. The van der Waals surface area contributed by atoms with E-state index < -0.39 is 0 Å². The van der Waals surface area contributed by atoms with Crippen LogP contribution in [0.1, 0.15) is 0 Å². The van der Waals surface area contributed by atoms with Gasteiger partial charge < -0.3 is 9.13 Å². The van der Waals surface area contributed by atoms with E-state index in [0.717, 1.165) is 44.7 Å². The minimum atomic E-state index is 0.648. The largest absolute Gasteiger partial charge is 0.309 e. The zero-order valence-electron chi connectivity index (χ0n) is 24.9. The first-order valence-electron chi connectivity index (χ1n) is 15.5. The van der Waals surface area contributed by atoms with Crippen LogP contribution in [0.5, 0.6) is 0 Å². The fourth-order valence-corrected chi connectivity index (χ4v) is 7.08. The van der Waals surface area contributed by atoms with E-state index in [1.54, 1.807) is 0 Å². The Morgan fingerprint density at radius 1 is 0.370 bits per heavy atom. The van der Waals surface area contributed by atoms with Crippen LogP contribution < -0.4 is 0 Å². The molecule has 3 nitrogen and oxygen atoms in total. The Bertz CT molecular complexity index is 2540. The van der Waals surface area contributed by atoms with Crippen LogP contribution in [0.4, 0.5) is 5.69 Å².